The van der Waals surface area contributed by atoms with Crippen LogP contribution >= 0.6 is 0 Å². The van der Waals surface area contributed by atoms with Crippen molar-refractivity contribution in [3.63, 3.8) is 0 Å². The number of para-hydroxylation sites is 1. The van der Waals surface area contributed by atoms with Gasteiger partial charge in [-0.15, -0.1) is 5.10 Å². The van der Waals surface area contributed by atoms with Gasteiger partial charge in [0, 0.05) is 0 Å². The van der Waals surface area contributed by atoms with Crippen molar-refractivity contribution in [2.75, 3.05) is 32.1 Å². The highest BCUT2D eigenvalue weighted by Gasteiger charge is 2.39. The average Bonchev–Trinajstić information content (AvgIpc) is 3.21. The number of piperidine rings is 1. The molecule has 2 aromatic carbocycles. The van der Waals surface area contributed by atoms with Crippen molar-refractivity contribution in [2.45, 2.75) is 57.6 Å². The van der Waals surface area contributed by atoms with Gasteiger partial charge in [-0.05, 0) is 80.9 Å². The van der Waals surface area contributed by atoms with Crippen LogP contribution in [0.25, 0.3) is 5.69 Å². The molecular formula is C30H39N5O3. The van der Waals surface area contributed by atoms with Crippen LogP contribution in [0.3, 0.4) is 0 Å². The van der Waals surface area contributed by atoms with E-state index in [-0.39, 0.29) is 5.41 Å². The van der Waals surface area contributed by atoms with E-state index in [1.165, 1.54) is 0 Å². The number of benzene rings is 2. The number of nitrogens with one attached hydrogen (secondary N) is 2. The maximum atomic E-state index is 13.4. The molecule has 1 saturated heterocycles. The van der Waals surface area contributed by atoms with Crippen LogP contribution in [-0.4, -0.2) is 58.7 Å². The lowest BCUT2D eigenvalue weighted by Gasteiger charge is -2.40. The Balaban J connectivity index is 1.37. The molecule has 5 rings (SSSR count). The lowest BCUT2D eigenvalue weighted by atomic mass is 9.70. The van der Waals surface area contributed by atoms with E-state index in [0.29, 0.717) is 30.6 Å². The molecule has 1 aliphatic heterocycles. The molecule has 2 aliphatic rings. The maximum absolute atomic E-state index is 13.4. The first-order valence-corrected chi connectivity index (χ1v) is 13.5. The van der Waals surface area contributed by atoms with Crippen LogP contribution in [0.5, 0.6) is 5.88 Å². The monoisotopic (exact) mass is 517 g/mol. The lowest BCUT2D eigenvalue weighted by molar-refractivity contribution is 0.0883. The number of ether oxygens (including phenoxy) is 1. The zero-order valence-corrected chi connectivity index (χ0v) is 22.8. The molecule has 2 atom stereocenters. The summed E-state index contributed by atoms with van der Waals surface area (Å²) in [5.41, 5.74) is 3.51. The molecule has 8 heteroatoms. The first-order valence-electron chi connectivity index (χ1n) is 13.5. The molecule has 0 bridgehead atoms. The fourth-order valence-corrected chi connectivity index (χ4v) is 5.74. The molecular weight excluding hydrogens is 478 g/mol. The van der Waals surface area contributed by atoms with E-state index in [1.54, 1.807) is 4.68 Å². The Morgan fingerprint density at radius 1 is 1.11 bits per heavy atom. The molecule has 2 heterocycles. The van der Waals surface area contributed by atoms with E-state index in [4.69, 9.17) is 9.84 Å². The molecule has 0 spiro atoms. The van der Waals surface area contributed by atoms with Crippen LogP contribution in [0, 0.1) is 12.8 Å². The molecule has 2 amide bonds. The van der Waals surface area contributed by atoms with Crippen molar-refractivity contribution in [3.8, 4) is 11.6 Å². The van der Waals surface area contributed by atoms with Crippen LogP contribution in [-0.2, 0) is 5.41 Å². The number of nitrogens with zero attached hydrogens (tertiary/aromatic N) is 3. The summed E-state index contributed by atoms with van der Waals surface area (Å²) in [5, 5.41) is 21.8. The maximum Gasteiger partial charge on any atom is 0.320 e. The van der Waals surface area contributed by atoms with E-state index in [2.05, 4.69) is 42.5 Å². The number of hydrogen-bond acceptors (Lipinski definition) is 5. The van der Waals surface area contributed by atoms with E-state index in [1.807, 2.05) is 55.5 Å². The van der Waals surface area contributed by atoms with Gasteiger partial charge in [-0.25, -0.2) is 9.48 Å². The summed E-state index contributed by atoms with van der Waals surface area (Å²) < 4.78 is 7.93. The number of fused-ring (bicyclic) bond motifs is 1. The van der Waals surface area contributed by atoms with Gasteiger partial charge in [0.1, 0.15) is 5.82 Å². The minimum Gasteiger partial charge on any atom is -0.476 e. The molecule has 1 aromatic heterocycles. The summed E-state index contributed by atoms with van der Waals surface area (Å²) >= 11 is 0. The summed E-state index contributed by atoms with van der Waals surface area (Å²) in [6.07, 6.45) is 2.07. The van der Waals surface area contributed by atoms with E-state index in [9.17, 15) is 9.90 Å². The van der Waals surface area contributed by atoms with Crippen molar-refractivity contribution in [3.05, 3.63) is 71.3 Å². The summed E-state index contributed by atoms with van der Waals surface area (Å²) in [5.74, 6) is 1.56. The molecule has 38 heavy (non-hydrogen) atoms. The van der Waals surface area contributed by atoms with Crippen LogP contribution in [0.4, 0.5) is 10.6 Å². The van der Waals surface area contributed by atoms with Gasteiger partial charge in [0.05, 0.1) is 30.0 Å². The number of likely N-dealkylation sites (tertiary alicyclic amines) is 1. The Kier molecular flexibility index (Phi) is 7.45. The third-order valence-corrected chi connectivity index (χ3v) is 8.02. The quantitative estimate of drug-likeness (QED) is 0.437. The number of aliphatic hydroxyl groups excluding tert-OH is 1. The molecule has 0 saturated carbocycles. The van der Waals surface area contributed by atoms with Gasteiger partial charge in [0.2, 0.25) is 5.88 Å². The van der Waals surface area contributed by atoms with Gasteiger partial charge in [0.15, 0.2) is 0 Å². The predicted octanol–water partition coefficient (Wildman–Crippen LogP) is 4.81. The van der Waals surface area contributed by atoms with Crippen molar-refractivity contribution in [2.24, 2.45) is 5.92 Å². The number of amides is 2. The highest BCUT2D eigenvalue weighted by atomic mass is 16.5. The third kappa shape index (κ3) is 5.42. The first-order chi connectivity index (χ1) is 18.2. The minimum atomic E-state index is -0.695. The summed E-state index contributed by atoms with van der Waals surface area (Å²) in [6.45, 7) is 8.92. The number of rotatable bonds is 6. The predicted molar refractivity (Wildman–Crippen MR) is 149 cm³/mol. The Bertz CT molecular complexity index is 1260. The Hall–Kier alpha value is -3.36. The second kappa shape index (κ2) is 10.8. The molecule has 0 radical (unpaired) electrons. The number of carbonyl (C=O) groups excluding carboxylic acids is 1. The zero-order valence-electron chi connectivity index (χ0n) is 22.8. The van der Waals surface area contributed by atoms with Crippen molar-refractivity contribution < 1.29 is 14.6 Å². The SMILES string of the molecule is Cc1c(OCC2CCN(C)CC2)nn(-c2ccccc2)c1NC(=O)NC1c2ccccc2C(C)(C)CC1O. The number of aromatic nitrogens is 2. The number of urea groups is 1. The largest absolute Gasteiger partial charge is 0.476 e. The summed E-state index contributed by atoms with van der Waals surface area (Å²) in [4.78, 5) is 15.7. The summed E-state index contributed by atoms with van der Waals surface area (Å²) in [6, 6.07) is 16.8. The molecule has 1 aliphatic carbocycles. The Labute approximate surface area is 225 Å². The van der Waals surface area contributed by atoms with Crippen molar-refractivity contribution in [1.29, 1.82) is 0 Å². The van der Waals surface area contributed by atoms with Gasteiger partial charge in [-0.3, -0.25) is 5.32 Å². The fraction of sp³-hybridized carbons (Fsp3) is 0.467. The van der Waals surface area contributed by atoms with Gasteiger partial charge in [0.25, 0.3) is 0 Å². The lowest BCUT2D eigenvalue weighted by Crippen LogP contribution is -2.45. The highest BCUT2D eigenvalue weighted by molar-refractivity contribution is 5.90. The number of hydrogen-bond donors (Lipinski definition) is 3. The van der Waals surface area contributed by atoms with Gasteiger partial charge in [-0.1, -0.05) is 56.3 Å². The standard InChI is InChI=1S/C30H39N5O3/c1-20-27(32-29(37)31-26-23-12-8-9-13-24(23)30(2,3)18-25(26)36)35(22-10-6-5-7-11-22)33-28(20)38-19-21-14-16-34(4)17-15-21/h5-13,21,25-26,36H,14-19H2,1-4H3,(H2,31,32,37). The molecule has 3 aromatic rings. The normalized spacial score (nSPS) is 21.5. The Morgan fingerprint density at radius 3 is 2.53 bits per heavy atom. The smallest absolute Gasteiger partial charge is 0.320 e. The second-order valence-corrected chi connectivity index (χ2v) is 11.4. The molecule has 2 unspecified atom stereocenters. The zero-order chi connectivity index (χ0) is 26.9. The fourth-order valence-electron chi connectivity index (χ4n) is 5.74. The number of carbonyl (C=O) groups is 1. The van der Waals surface area contributed by atoms with E-state index < -0.39 is 18.2 Å². The number of aliphatic hydroxyl groups is 1. The van der Waals surface area contributed by atoms with E-state index >= 15 is 0 Å². The Morgan fingerprint density at radius 2 is 1.79 bits per heavy atom. The van der Waals surface area contributed by atoms with Gasteiger partial charge >= 0.3 is 6.03 Å². The van der Waals surface area contributed by atoms with Crippen LogP contribution in [0.1, 0.15) is 55.8 Å². The first kappa shape index (κ1) is 26.3. The highest BCUT2D eigenvalue weighted by Crippen LogP contribution is 2.41. The third-order valence-electron chi connectivity index (χ3n) is 8.02. The van der Waals surface area contributed by atoms with Crippen LogP contribution in [0.15, 0.2) is 54.6 Å². The van der Waals surface area contributed by atoms with E-state index in [0.717, 1.165) is 48.3 Å². The second-order valence-electron chi connectivity index (χ2n) is 11.4. The van der Waals surface area contributed by atoms with Crippen molar-refractivity contribution >= 4 is 11.8 Å². The average molecular weight is 518 g/mol. The van der Waals surface area contributed by atoms with Gasteiger partial charge < -0.3 is 20.1 Å². The number of anilines is 1. The molecule has 8 nitrogen and oxygen atoms in total. The topological polar surface area (TPSA) is 91.7 Å². The van der Waals surface area contributed by atoms with Crippen LogP contribution in [0.2, 0.25) is 0 Å². The van der Waals surface area contributed by atoms with Crippen LogP contribution < -0.4 is 15.4 Å². The minimum absolute atomic E-state index is 0.173. The van der Waals surface area contributed by atoms with Gasteiger partial charge in [-0.2, -0.15) is 0 Å². The van der Waals surface area contributed by atoms with Crippen molar-refractivity contribution in [1.82, 2.24) is 20.0 Å². The summed E-state index contributed by atoms with van der Waals surface area (Å²) in [7, 11) is 2.15. The molecule has 202 valence electrons. The molecule has 3 N–H and O–H groups in total. The molecule has 1 fully saturated rings.